The first kappa shape index (κ1) is 17.6. The molecular formula is C16H22F2N2O3. The third-order valence-electron chi connectivity index (χ3n) is 3.99. The van der Waals surface area contributed by atoms with E-state index in [4.69, 9.17) is 4.74 Å². The predicted octanol–water partition coefficient (Wildman–Crippen LogP) is 2.04. The minimum atomic E-state index is -1.65. The van der Waals surface area contributed by atoms with Crippen LogP contribution in [-0.2, 0) is 10.3 Å². The van der Waals surface area contributed by atoms with E-state index in [-0.39, 0.29) is 24.3 Å². The standard InChI is InChI=1S/C16H22F2N2O3/c1-10(14-4-3-7-23-14)20-15(21)19-9-16(2,22)12-6-5-11(17)8-13(12)18/h5-6,8,10,14,22H,3-4,7,9H2,1-2H3,(H2,19,20,21). The molecular weight excluding hydrogens is 306 g/mol. The highest BCUT2D eigenvalue weighted by Gasteiger charge is 2.28. The molecule has 0 aromatic heterocycles. The Kier molecular flexibility index (Phi) is 5.54. The summed E-state index contributed by atoms with van der Waals surface area (Å²) in [6.45, 7) is 3.68. The van der Waals surface area contributed by atoms with Crippen molar-refractivity contribution >= 4 is 6.03 Å². The minimum Gasteiger partial charge on any atom is -0.383 e. The zero-order chi connectivity index (χ0) is 17.0. The fraction of sp³-hybridized carbons (Fsp3) is 0.562. The molecule has 2 rings (SSSR count). The first-order chi connectivity index (χ1) is 10.8. The number of carbonyl (C=O) groups excluding carboxylic acids is 1. The summed E-state index contributed by atoms with van der Waals surface area (Å²) in [6, 6.07) is 2.29. The number of amides is 2. The van der Waals surface area contributed by atoms with Gasteiger partial charge in [-0.25, -0.2) is 13.6 Å². The van der Waals surface area contributed by atoms with Crippen LogP contribution in [0, 0.1) is 11.6 Å². The van der Waals surface area contributed by atoms with Crippen LogP contribution in [0.4, 0.5) is 13.6 Å². The number of benzene rings is 1. The van der Waals surface area contributed by atoms with Gasteiger partial charge in [-0.3, -0.25) is 0 Å². The first-order valence-electron chi connectivity index (χ1n) is 7.63. The second-order valence-electron chi connectivity index (χ2n) is 6.07. The average molecular weight is 328 g/mol. The largest absolute Gasteiger partial charge is 0.383 e. The lowest BCUT2D eigenvalue weighted by atomic mass is 9.95. The average Bonchev–Trinajstić information content (AvgIpc) is 2.99. The van der Waals surface area contributed by atoms with Gasteiger partial charge in [0.2, 0.25) is 0 Å². The van der Waals surface area contributed by atoms with Gasteiger partial charge in [0.05, 0.1) is 18.7 Å². The van der Waals surface area contributed by atoms with Crippen LogP contribution in [0.3, 0.4) is 0 Å². The minimum absolute atomic E-state index is 0.0178. The number of hydrogen-bond acceptors (Lipinski definition) is 3. The van der Waals surface area contributed by atoms with Crippen molar-refractivity contribution in [3.8, 4) is 0 Å². The fourth-order valence-corrected chi connectivity index (χ4v) is 2.62. The SMILES string of the molecule is CC(NC(=O)NCC(C)(O)c1ccc(F)cc1F)C1CCCO1. The summed E-state index contributed by atoms with van der Waals surface area (Å²) in [5.74, 6) is -1.58. The van der Waals surface area contributed by atoms with Crippen molar-refractivity contribution in [1.29, 1.82) is 0 Å². The van der Waals surface area contributed by atoms with E-state index >= 15 is 0 Å². The molecule has 7 heteroatoms. The number of ether oxygens (including phenoxy) is 1. The Hall–Kier alpha value is -1.73. The second-order valence-corrected chi connectivity index (χ2v) is 6.07. The molecule has 0 bridgehead atoms. The van der Waals surface area contributed by atoms with E-state index in [1.807, 2.05) is 6.92 Å². The number of hydrogen-bond donors (Lipinski definition) is 3. The highest BCUT2D eigenvalue weighted by Crippen LogP contribution is 2.23. The Morgan fingerprint density at radius 2 is 2.26 bits per heavy atom. The zero-order valence-electron chi connectivity index (χ0n) is 13.2. The summed E-state index contributed by atoms with van der Waals surface area (Å²) in [4.78, 5) is 11.9. The molecule has 0 saturated carbocycles. The van der Waals surface area contributed by atoms with Crippen molar-refractivity contribution in [2.45, 2.75) is 44.4 Å². The van der Waals surface area contributed by atoms with Crippen LogP contribution in [0.15, 0.2) is 18.2 Å². The molecule has 0 radical (unpaired) electrons. The summed E-state index contributed by atoms with van der Waals surface area (Å²) in [5, 5.41) is 15.6. The molecule has 1 saturated heterocycles. The molecule has 3 N–H and O–H groups in total. The van der Waals surface area contributed by atoms with Crippen LogP contribution in [-0.4, -0.2) is 36.4 Å². The third kappa shape index (κ3) is 4.62. The van der Waals surface area contributed by atoms with Gasteiger partial charge >= 0.3 is 6.03 Å². The van der Waals surface area contributed by atoms with E-state index in [9.17, 15) is 18.7 Å². The Bertz CT molecular complexity index is 560. The Morgan fingerprint density at radius 3 is 2.87 bits per heavy atom. The van der Waals surface area contributed by atoms with Gasteiger partial charge in [0.15, 0.2) is 0 Å². The smallest absolute Gasteiger partial charge is 0.315 e. The van der Waals surface area contributed by atoms with E-state index in [0.29, 0.717) is 12.7 Å². The normalized spacial score (nSPS) is 21.5. The number of rotatable bonds is 5. The van der Waals surface area contributed by atoms with Crippen molar-refractivity contribution in [3.05, 3.63) is 35.4 Å². The summed E-state index contributed by atoms with van der Waals surface area (Å²) >= 11 is 0. The second kappa shape index (κ2) is 7.23. The summed E-state index contributed by atoms with van der Waals surface area (Å²) in [6.07, 6.45) is 1.84. The van der Waals surface area contributed by atoms with E-state index in [1.165, 1.54) is 13.0 Å². The first-order valence-corrected chi connectivity index (χ1v) is 7.63. The highest BCUT2D eigenvalue weighted by atomic mass is 19.1. The van der Waals surface area contributed by atoms with Crippen LogP contribution in [0.2, 0.25) is 0 Å². The van der Waals surface area contributed by atoms with E-state index in [1.54, 1.807) is 0 Å². The highest BCUT2D eigenvalue weighted by molar-refractivity contribution is 5.74. The van der Waals surface area contributed by atoms with Crippen LogP contribution in [0.5, 0.6) is 0 Å². The molecule has 5 nitrogen and oxygen atoms in total. The quantitative estimate of drug-likeness (QED) is 0.775. The van der Waals surface area contributed by atoms with Crippen molar-refractivity contribution in [2.75, 3.05) is 13.2 Å². The molecule has 3 atom stereocenters. The Balaban J connectivity index is 1.89. The monoisotopic (exact) mass is 328 g/mol. The molecule has 0 spiro atoms. The maximum atomic E-state index is 13.7. The number of urea groups is 1. The predicted molar refractivity (Wildman–Crippen MR) is 80.9 cm³/mol. The fourth-order valence-electron chi connectivity index (χ4n) is 2.62. The summed E-state index contributed by atoms with van der Waals surface area (Å²) < 4.78 is 32.1. The molecule has 1 aliphatic rings. The van der Waals surface area contributed by atoms with Gasteiger partial charge in [-0.05, 0) is 32.8 Å². The number of aliphatic hydroxyl groups is 1. The van der Waals surface area contributed by atoms with Crippen molar-refractivity contribution in [1.82, 2.24) is 10.6 Å². The van der Waals surface area contributed by atoms with E-state index < -0.39 is 23.3 Å². The Morgan fingerprint density at radius 1 is 1.52 bits per heavy atom. The molecule has 23 heavy (non-hydrogen) atoms. The molecule has 1 aliphatic heterocycles. The topological polar surface area (TPSA) is 70.6 Å². The van der Waals surface area contributed by atoms with Gasteiger partial charge in [-0.15, -0.1) is 0 Å². The lowest BCUT2D eigenvalue weighted by molar-refractivity contribution is 0.0544. The molecule has 1 aromatic carbocycles. The summed E-state index contributed by atoms with van der Waals surface area (Å²) in [5.41, 5.74) is -1.73. The van der Waals surface area contributed by atoms with Crippen molar-refractivity contribution in [2.24, 2.45) is 0 Å². The molecule has 1 fully saturated rings. The maximum Gasteiger partial charge on any atom is 0.315 e. The van der Waals surface area contributed by atoms with Crippen molar-refractivity contribution in [3.63, 3.8) is 0 Å². The van der Waals surface area contributed by atoms with E-state index in [2.05, 4.69) is 10.6 Å². The van der Waals surface area contributed by atoms with Gasteiger partial charge < -0.3 is 20.5 Å². The molecule has 1 heterocycles. The van der Waals surface area contributed by atoms with Crippen LogP contribution < -0.4 is 10.6 Å². The molecule has 3 unspecified atom stereocenters. The number of carbonyl (C=O) groups is 1. The van der Waals surface area contributed by atoms with Crippen LogP contribution in [0.1, 0.15) is 32.3 Å². The molecule has 0 aliphatic carbocycles. The van der Waals surface area contributed by atoms with Gasteiger partial charge in [0.1, 0.15) is 17.2 Å². The molecule has 1 aromatic rings. The zero-order valence-corrected chi connectivity index (χ0v) is 13.2. The Labute approximate surface area is 134 Å². The maximum absolute atomic E-state index is 13.7. The number of nitrogens with one attached hydrogen (secondary N) is 2. The lowest BCUT2D eigenvalue weighted by Gasteiger charge is -2.26. The van der Waals surface area contributed by atoms with Gasteiger partial charge in [0, 0.05) is 18.2 Å². The summed E-state index contributed by atoms with van der Waals surface area (Å²) in [7, 11) is 0. The van der Waals surface area contributed by atoms with E-state index in [0.717, 1.165) is 18.9 Å². The number of halogens is 2. The van der Waals surface area contributed by atoms with Gasteiger partial charge in [-0.1, -0.05) is 6.07 Å². The molecule has 128 valence electrons. The van der Waals surface area contributed by atoms with Crippen LogP contribution >= 0.6 is 0 Å². The lowest BCUT2D eigenvalue weighted by Crippen LogP contribution is -2.49. The third-order valence-corrected chi connectivity index (χ3v) is 3.99. The van der Waals surface area contributed by atoms with Crippen molar-refractivity contribution < 1.29 is 23.4 Å². The van der Waals surface area contributed by atoms with Gasteiger partial charge in [0.25, 0.3) is 0 Å². The van der Waals surface area contributed by atoms with Gasteiger partial charge in [-0.2, -0.15) is 0 Å². The van der Waals surface area contributed by atoms with Crippen LogP contribution in [0.25, 0.3) is 0 Å². The molecule has 2 amide bonds.